The number of benzene rings is 1. The number of carbonyl (C=O) groups is 1. The summed E-state index contributed by atoms with van der Waals surface area (Å²) in [6.45, 7) is 0. The first-order valence-corrected chi connectivity index (χ1v) is 6.59. The first kappa shape index (κ1) is 11.3. The van der Waals surface area contributed by atoms with Crippen LogP contribution in [0.15, 0.2) is 24.3 Å². The van der Waals surface area contributed by atoms with Gasteiger partial charge in [-0.2, -0.15) is 11.8 Å². The van der Waals surface area contributed by atoms with Gasteiger partial charge in [0.2, 0.25) is 0 Å². The molecule has 0 radical (unpaired) electrons. The van der Waals surface area contributed by atoms with E-state index >= 15 is 0 Å². The van der Waals surface area contributed by atoms with Gasteiger partial charge in [0.05, 0.1) is 0 Å². The molecule has 1 aromatic rings. The van der Waals surface area contributed by atoms with Crippen molar-refractivity contribution in [2.45, 2.75) is 18.9 Å². The van der Waals surface area contributed by atoms with E-state index in [1.807, 2.05) is 11.8 Å². The van der Waals surface area contributed by atoms with Crippen molar-refractivity contribution in [3.63, 3.8) is 0 Å². The second-order valence-corrected chi connectivity index (χ2v) is 5.09. The number of hydrogen-bond donors (Lipinski definition) is 2. The number of carbonyl (C=O) groups excluding carboxylic acids is 1. The summed E-state index contributed by atoms with van der Waals surface area (Å²) in [5.74, 6) is 2.22. The number of thioether (sulfide) groups is 1. The van der Waals surface area contributed by atoms with Crippen molar-refractivity contribution < 1.29 is 9.90 Å². The summed E-state index contributed by atoms with van der Waals surface area (Å²) in [6.07, 6.45) is 2.22. The van der Waals surface area contributed by atoms with E-state index in [4.69, 9.17) is 0 Å². The van der Waals surface area contributed by atoms with Crippen LogP contribution in [0.4, 0.5) is 0 Å². The van der Waals surface area contributed by atoms with E-state index in [1.54, 1.807) is 18.2 Å². The third-order valence-electron chi connectivity index (χ3n) is 2.60. The Kier molecular flexibility index (Phi) is 3.72. The van der Waals surface area contributed by atoms with Crippen molar-refractivity contribution >= 4 is 17.7 Å². The SMILES string of the molecule is O=C(NC1CCCSC1)c1cccc(O)c1. The Bertz CT molecular complexity index is 375. The van der Waals surface area contributed by atoms with Gasteiger partial charge in [-0.15, -0.1) is 0 Å². The predicted molar refractivity (Wildman–Crippen MR) is 65.9 cm³/mol. The molecule has 1 amide bonds. The molecule has 0 saturated carbocycles. The monoisotopic (exact) mass is 237 g/mol. The zero-order chi connectivity index (χ0) is 11.4. The van der Waals surface area contributed by atoms with Crippen LogP contribution in [0.3, 0.4) is 0 Å². The van der Waals surface area contributed by atoms with Crippen LogP contribution in [0.25, 0.3) is 0 Å². The highest BCUT2D eigenvalue weighted by Crippen LogP contribution is 2.18. The maximum Gasteiger partial charge on any atom is 0.251 e. The first-order chi connectivity index (χ1) is 7.75. The quantitative estimate of drug-likeness (QED) is 0.827. The van der Waals surface area contributed by atoms with Gasteiger partial charge in [-0.1, -0.05) is 6.07 Å². The molecule has 1 atom stereocenters. The van der Waals surface area contributed by atoms with Crippen LogP contribution in [-0.4, -0.2) is 28.6 Å². The Balaban J connectivity index is 1.97. The first-order valence-electron chi connectivity index (χ1n) is 5.43. The number of hydrogen-bond acceptors (Lipinski definition) is 3. The maximum atomic E-state index is 11.8. The van der Waals surface area contributed by atoms with Crippen LogP contribution in [0.5, 0.6) is 5.75 Å². The molecule has 16 heavy (non-hydrogen) atoms. The van der Waals surface area contributed by atoms with Gasteiger partial charge in [0.15, 0.2) is 0 Å². The van der Waals surface area contributed by atoms with Gasteiger partial charge in [-0.3, -0.25) is 4.79 Å². The molecule has 2 rings (SSSR count). The molecular formula is C12H15NO2S. The van der Waals surface area contributed by atoms with E-state index in [0.717, 1.165) is 18.6 Å². The Morgan fingerprint density at radius 3 is 3.06 bits per heavy atom. The standard InChI is InChI=1S/C12H15NO2S/c14-11-5-1-3-9(7-11)12(15)13-10-4-2-6-16-8-10/h1,3,5,7,10,14H,2,4,6,8H2,(H,13,15). The molecule has 1 fully saturated rings. The lowest BCUT2D eigenvalue weighted by atomic mass is 10.1. The average Bonchev–Trinajstić information content (AvgIpc) is 2.30. The third-order valence-corrected chi connectivity index (χ3v) is 3.82. The van der Waals surface area contributed by atoms with Crippen LogP contribution in [0.1, 0.15) is 23.2 Å². The summed E-state index contributed by atoms with van der Waals surface area (Å²) in [5, 5.41) is 12.3. The minimum Gasteiger partial charge on any atom is -0.508 e. The molecule has 0 bridgehead atoms. The smallest absolute Gasteiger partial charge is 0.251 e. The molecule has 2 N–H and O–H groups in total. The molecule has 4 heteroatoms. The Hall–Kier alpha value is -1.16. The van der Waals surface area contributed by atoms with Gasteiger partial charge in [0.1, 0.15) is 5.75 Å². The average molecular weight is 237 g/mol. The normalized spacial score (nSPS) is 20.4. The largest absolute Gasteiger partial charge is 0.508 e. The van der Waals surface area contributed by atoms with Crippen molar-refractivity contribution in [3.8, 4) is 5.75 Å². The van der Waals surface area contributed by atoms with Gasteiger partial charge < -0.3 is 10.4 Å². The fraction of sp³-hybridized carbons (Fsp3) is 0.417. The summed E-state index contributed by atoms with van der Waals surface area (Å²) in [7, 11) is 0. The number of rotatable bonds is 2. The summed E-state index contributed by atoms with van der Waals surface area (Å²) < 4.78 is 0. The number of nitrogens with one attached hydrogen (secondary N) is 1. The van der Waals surface area contributed by atoms with Crippen LogP contribution in [0.2, 0.25) is 0 Å². The zero-order valence-corrected chi connectivity index (χ0v) is 9.80. The highest BCUT2D eigenvalue weighted by Gasteiger charge is 2.16. The molecule has 1 heterocycles. The summed E-state index contributed by atoms with van der Waals surface area (Å²) in [6, 6.07) is 6.72. The topological polar surface area (TPSA) is 49.3 Å². The molecule has 1 aliphatic rings. The van der Waals surface area contributed by atoms with Crippen molar-refractivity contribution in [1.82, 2.24) is 5.32 Å². The molecule has 0 aliphatic carbocycles. The molecule has 0 spiro atoms. The van der Waals surface area contributed by atoms with Crippen LogP contribution >= 0.6 is 11.8 Å². The molecule has 3 nitrogen and oxygen atoms in total. The molecule has 1 aliphatic heterocycles. The highest BCUT2D eigenvalue weighted by molar-refractivity contribution is 7.99. The summed E-state index contributed by atoms with van der Waals surface area (Å²) >= 11 is 1.88. The van der Waals surface area contributed by atoms with E-state index in [0.29, 0.717) is 5.56 Å². The van der Waals surface area contributed by atoms with Crippen molar-refractivity contribution in [2.24, 2.45) is 0 Å². The lowest BCUT2D eigenvalue weighted by Gasteiger charge is -2.22. The molecular weight excluding hydrogens is 222 g/mol. The number of phenols is 1. The number of phenolic OH excluding ortho intramolecular Hbond substituents is 1. The van der Waals surface area contributed by atoms with Crippen LogP contribution in [0, 0.1) is 0 Å². The van der Waals surface area contributed by atoms with E-state index in [9.17, 15) is 9.90 Å². The van der Waals surface area contributed by atoms with E-state index in [-0.39, 0.29) is 17.7 Å². The van der Waals surface area contributed by atoms with E-state index < -0.39 is 0 Å². The van der Waals surface area contributed by atoms with Crippen LogP contribution < -0.4 is 5.32 Å². The van der Waals surface area contributed by atoms with Gasteiger partial charge >= 0.3 is 0 Å². The fourth-order valence-electron chi connectivity index (χ4n) is 1.77. The lowest BCUT2D eigenvalue weighted by Crippen LogP contribution is -2.38. The van der Waals surface area contributed by atoms with Crippen molar-refractivity contribution in [1.29, 1.82) is 0 Å². The van der Waals surface area contributed by atoms with Gasteiger partial charge in [0, 0.05) is 17.4 Å². The minimum atomic E-state index is -0.0941. The van der Waals surface area contributed by atoms with Gasteiger partial charge in [-0.05, 0) is 36.8 Å². The number of amides is 1. The van der Waals surface area contributed by atoms with Crippen molar-refractivity contribution in [2.75, 3.05) is 11.5 Å². The van der Waals surface area contributed by atoms with Gasteiger partial charge in [0.25, 0.3) is 5.91 Å². The highest BCUT2D eigenvalue weighted by atomic mass is 32.2. The van der Waals surface area contributed by atoms with E-state index in [2.05, 4.69) is 5.32 Å². The fourth-order valence-corrected chi connectivity index (χ4v) is 2.84. The molecule has 1 saturated heterocycles. The lowest BCUT2D eigenvalue weighted by molar-refractivity contribution is 0.0938. The molecule has 1 unspecified atom stereocenters. The summed E-state index contributed by atoms with van der Waals surface area (Å²) in [5.41, 5.74) is 0.524. The molecule has 1 aromatic carbocycles. The predicted octanol–water partition coefficient (Wildman–Crippen LogP) is 2.02. The van der Waals surface area contributed by atoms with Crippen molar-refractivity contribution in [3.05, 3.63) is 29.8 Å². The summed E-state index contributed by atoms with van der Waals surface area (Å²) in [4.78, 5) is 11.8. The Morgan fingerprint density at radius 1 is 1.50 bits per heavy atom. The van der Waals surface area contributed by atoms with Gasteiger partial charge in [-0.25, -0.2) is 0 Å². The molecule has 86 valence electrons. The van der Waals surface area contributed by atoms with E-state index in [1.165, 1.54) is 11.8 Å². The minimum absolute atomic E-state index is 0.0941. The molecule has 0 aromatic heterocycles. The second kappa shape index (κ2) is 5.25. The van der Waals surface area contributed by atoms with Crippen LogP contribution in [-0.2, 0) is 0 Å². The Morgan fingerprint density at radius 2 is 2.38 bits per heavy atom. The third kappa shape index (κ3) is 2.92. The zero-order valence-electron chi connectivity index (χ0n) is 8.98. The Labute approximate surface area is 99.2 Å². The second-order valence-electron chi connectivity index (χ2n) is 3.94. The maximum absolute atomic E-state index is 11.8. The number of aromatic hydroxyl groups is 1.